The van der Waals surface area contributed by atoms with Crippen molar-refractivity contribution < 1.29 is 19.0 Å². The van der Waals surface area contributed by atoms with Gasteiger partial charge in [0.1, 0.15) is 0 Å². The predicted molar refractivity (Wildman–Crippen MR) is 61.2 cm³/mol. The van der Waals surface area contributed by atoms with Gasteiger partial charge in [0, 0.05) is 6.42 Å². The van der Waals surface area contributed by atoms with E-state index >= 15 is 0 Å². The Morgan fingerprint density at radius 1 is 1.59 bits per heavy atom. The highest BCUT2D eigenvalue weighted by Gasteiger charge is 2.14. The third kappa shape index (κ3) is 3.42. The topological polar surface area (TPSA) is 58.6 Å². The van der Waals surface area contributed by atoms with Crippen molar-refractivity contribution in [1.29, 1.82) is 0 Å². The van der Waals surface area contributed by atoms with Gasteiger partial charge in [-0.2, -0.15) is 0 Å². The van der Waals surface area contributed by atoms with E-state index in [4.69, 9.17) is 4.74 Å². The van der Waals surface area contributed by atoms with Crippen LogP contribution < -0.4 is 10.1 Å². The average Bonchev–Trinajstić information content (AvgIpc) is 2.35. The van der Waals surface area contributed by atoms with Crippen LogP contribution >= 0.6 is 0 Å². The summed E-state index contributed by atoms with van der Waals surface area (Å²) in [5, 5.41) is 11.8. The van der Waals surface area contributed by atoms with Gasteiger partial charge in [-0.25, -0.2) is 4.39 Å². The van der Waals surface area contributed by atoms with Crippen molar-refractivity contribution in [3.8, 4) is 5.75 Å². The molecule has 0 spiro atoms. The summed E-state index contributed by atoms with van der Waals surface area (Å²) in [7, 11) is 1.38. The Hall–Kier alpha value is -1.62. The first-order valence-electron chi connectivity index (χ1n) is 5.36. The summed E-state index contributed by atoms with van der Waals surface area (Å²) >= 11 is 0. The molecule has 0 fully saturated rings. The maximum absolute atomic E-state index is 13.4. The quantitative estimate of drug-likeness (QED) is 0.819. The SMILES string of the molecule is CCC(=O)NC(CO)c1ccc(OC)c(F)c1. The number of hydrogen-bond acceptors (Lipinski definition) is 3. The van der Waals surface area contributed by atoms with Crippen LogP contribution in [0.2, 0.25) is 0 Å². The minimum absolute atomic E-state index is 0.132. The number of nitrogens with one attached hydrogen (secondary N) is 1. The fourth-order valence-electron chi connectivity index (χ4n) is 1.43. The highest BCUT2D eigenvalue weighted by atomic mass is 19.1. The number of carbonyl (C=O) groups excluding carboxylic acids is 1. The maximum atomic E-state index is 13.4. The molecule has 0 aliphatic rings. The summed E-state index contributed by atoms with van der Waals surface area (Å²) < 4.78 is 18.2. The van der Waals surface area contributed by atoms with Crippen molar-refractivity contribution in [1.82, 2.24) is 5.32 Å². The molecular weight excluding hydrogens is 225 g/mol. The van der Waals surface area contributed by atoms with Crippen LogP contribution in [0, 0.1) is 5.82 Å². The highest BCUT2D eigenvalue weighted by Crippen LogP contribution is 2.21. The van der Waals surface area contributed by atoms with Crippen molar-refractivity contribution in [3.63, 3.8) is 0 Å². The van der Waals surface area contributed by atoms with Crippen molar-refractivity contribution in [2.75, 3.05) is 13.7 Å². The molecule has 2 N–H and O–H groups in total. The number of aliphatic hydroxyl groups is 1. The molecule has 0 aliphatic heterocycles. The van der Waals surface area contributed by atoms with Gasteiger partial charge in [-0.3, -0.25) is 4.79 Å². The van der Waals surface area contributed by atoms with Crippen molar-refractivity contribution in [2.24, 2.45) is 0 Å². The number of aliphatic hydroxyl groups excluding tert-OH is 1. The van der Waals surface area contributed by atoms with Crippen LogP contribution in [0.5, 0.6) is 5.75 Å². The molecule has 94 valence electrons. The lowest BCUT2D eigenvalue weighted by molar-refractivity contribution is -0.121. The van der Waals surface area contributed by atoms with Crippen LogP contribution in [-0.4, -0.2) is 24.7 Å². The molecular formula is C12H16FNO3. The van der Waals surface area contributed by atoms with Crippen molar-refractivity contribution >= 4 is 5.91 Å². The second kappa shape index (κ2) is 6.20. The van der Waals surface area contributed by atoms with Crippen LogP contribution in [0.1, 0.15) is 24.9 Å². The summed E-state index contributed by atoms with van der Waals surface area (Å²) in [5.74, 6) is -0.582. The lowest BCUT2D eigenvalue weighted by atomic mass is 10.1. The second-order valence-corrected chi connectivity index (χ2v) is 3.55. The summed E-state index contributed by atoms with van der Waals surface area (Å²) in [5.41, 5.74) is 0.507. The molecule has 0 radical (unpaired) electrons. The number of amides is 1. The lowest BCUT2D eigenvalue weighted by Gasteiger charge is -2.16. The van der Waals surface area contributed by atoms with Gasteiger partial charge in [0.05, 0.1) is 19.8 Å². The van der Waals surface area contributed by atoms with Gasteiger partial charge in [-0.05, 0) is 17.7 Å². The van der Waals surface area contributed by atoms with E-state index in [1.165, 1.54) is 19.2 Å². The minimum Gasteiger partial charge on any atom is -0.494 e. The molecule has 1 amide bonds. The number of rotatable bonds is 5. The highest BCUT2D eigenvalue weighted by molar-refractivity contribution is 5.76. The molecule has 1 atom stereocenters. The summed E-state index contributed by atoms with van der Waals surface area (Å²) in [4.78, 5) is 11.2. The van der Waals surface area contributed by atoms with Gasteiger partial charge in [-0.15, -0.1) is 0 Å². The molecule has 1 rings (SSSR count). The first-order valence-corrected chi connectivity index (χ1v) is 5.36. The first kappa shape index (κ1) is 13.4. The van der Waals surface area contributed by atoms with Gasteiger partial charge in [0.2, 0.25) is 5.91 Å². The van der Waals surface area contributed by atoms with Gasteiger partial charge in [0.25, 0.3) is 0 Å². The Kier molecular flexibility index (Phi) is 4.90. The van der Waals surface area contributed by atoms with Crippen LogP contribution in [0.4, 0.5) is 4.39 Å². The summed E-state index contributed by atoms with van der Waals surface area (Å²) in [6.07, 6.45) is 0.315. The molecule has 1 aromatic carbocycles. The Bertz CT molecular complexity index is 395. The summed E-state index contributed by atoms with van der Waals surface area (Å²) in [6, 6.07) is 3.72. The second-order valence-electron chi connectivity index (χ2n) is 3.55. The molecule has 5 heteroatoms. The molecule has 0 saturated heterocycles. The van der Waals surface area contributed by atoms with Crippen LogP contribution in [0.3, 0.4) is 0 Å². The molecule has 4 nitrogen and oxygen atoms in total. The van der Waals surface area contributed by atoms with Gasteiger partial charge in [-0.1, -0.05) is 13.0 Å². The number of benzene rings is 1. The number of halogens is 1. The number of ether oxygens (including phenoxy) is 1. The Balaban J connectivity index is 2.88. The number of methoxy groups -OCH3 is 1. The van der Waals surface area contributed by atoms with E-state index in [-0.39, 0.29) is 18.3 Å². The van der Waals surface area contributed by atoms with Crippen LogP contribution in [-0.2, 0) is 4.79 Å². The fourth-order valence-corrected chi connectivity index (χ4v) is 1.43. The largest absolute Gasteiger partial charge is 0.494 e. The zero-order valence-corrected chi connectivity index (χ0v) is 9.87. The van der Waals surface area contributed by atoms with E-state index in [1.807, 2.05) is 0 Å². The molecule has 0 saturated carbocycles. The first-order chi connectivity index (χ1) is 8.12. The molecule has 0 bridgehead atoms. The number of carbonyl (C=O) groups is 1. The smallest absolute Gasteiger partial charge is 0.220 e. The van der Waals surface area contributed by atoms with Crippen LogP contribution in [0.25, 0.3) is 0 Å². The van der Waals surface area contributed by atoms with E-state index in [1.54, 1.807) is 13.0 Å². The van der Waals surface area contributed by atoms with E-state index in [9.17, 15) is 14.3 Å². The van der Waals surface area contributed by atoms with Crippen molar-refractivity contribution in [2.45, 2.75) is 19.4 Å². The number of hydrogen-bond donors (Lipinski definition) is 2. The normalized spacial score (nSPS) is 12.0. The molecule has 0 heterocycles. The van der Waals surface area contributed by atoms with Gasteiger partial charge < -0.3 is 15.2 Å². The standard InChI is InChI=1S/C12H16FNO3/c1-3-12(16)14-10(7-15)8-4-5-11(17-2)9(13)6-8/h4-6,10,15H,3,7H2,1-2H3,(H,14,16). The molecule has 1 aromatic rings. The Labute approximate surface area is 99.4 Å². The van der Waals surface area contributed by atoms with E-state index in [2.05, 4.69) is 5.32 Å². The average molecular weight is 241 g/mol. The zero-order valence-electron chi connectivity index (χ0n) is 9.87. The maximum Gasteiger partial charge on any atom is 0.220 e. The molecule has 1 unspecified atom stereocenters. The molecule has 17 heavy (non-hydrogen) atoms. The van der Waals surface area contributed by atoms with E-state index < -0.39 is 11.9 Å². The van der Waals surface area contributed by atoms with Gasteiger partial charge in [0.15, 0.2) is 11.6 Å². The lowest BCUT2D eigenvalue weighted by Crippen LogP contribution is -2.30. The predicted octanol–water partition coefficient (Wildman–Crippen LogP) is 1.39. The van der Waals surface area contributed by atoms with Crippen LogP contribution in [0.15, 0.2) is 18.2 Å². The molecule has 0 aromatic heterocycles. The van der Waals surface area contributed by atoms with E-state index in [0.717, 1.165) is 0 Å². The Morgan fingerprint density at radius 2 is 2.29 bits per heavy atom. The fraction of sp³-hybridized carbons (Fsp3) is 0.417. The van der Waals surface area contributed by atoms with Crippen molar-refractivity contribution in [3.05, 3.63) is 29.6 Å². The Morgan fingerprint density at radius 3 is 2.76 bits per heavy atom. The van der Waals surface area contributed by atoms with Gasteiger partial charge >= 0.3 is 0 Å². The molecule has 0 aliphatic carbocycles. The van der Waals surface area contributed by atoms with E-state index in [0.29, 0.717) is 12.0 Å². The third-order valence-corrected chi connectivity index (χ3v) is 2.42. The zero-order chi connectivity index (χ0) is 12.8. The third-order valence-electron chi connectivity index (χ3n) is 2.42. The minimum atomic E-state index is -0.595. The summed E-state index contributed by atoms with van der Waals surface area (Å²) in [6.45, 7) is 1.43. The monoisotopic (exact) mass is 241 g/mol.